The Morgan fingerprint density at radius 1 is 1.12 bits per heavy atom. The Morgan fingerprint density at radius 2 is 2.00 bits per heavy atom. The molecule has 5 heterocycles. The number of benzene rings is 2. The van der Waals surface area contributed by atoms with Gasteiger partial charge in [0.2, 0.25) is 5.91 Å². The summed E-state index contributed by atoms with van der Waals surface area (Å²) >= 11 is 0. The number of carbonyl (C=O) groups excluding carboxylic acids is 1. The lowest BCUT2D eigenvalue weighted by atomic mass is 9.75. The molecule has 4 aromatic rings. The summed E-state index contributed by atoms with van der Waals surface area (Å²) in [5, 5.41) is 14.7. The van der Waals surface area contributed by atoms with E-state index in [1.165, 1.54) is 30.5 Å². The lowest BCUT2D eigenvalue weighted by Crippen LogP contribution is -2.53. The summed E-state index contributed by atoms with van der Waals surface area (Å²) < 4.78 is 44.0. The van der Waals surface area contributed by atoms with Crippen molar-refractivity contribution in [1.29, 1.82) is 0 Å². The highest BCUT2D eigenvalue weighted by atomic mass is 19.1. The standard InChI is InChI=1S/C38H40F2N6O4/c1-2-26-29(39)8-7-24-17-25(47)18-27(32(24)26)34-33(40)35-28(20-42-34)36(45-12-5-14-49-15-13-45)44-37(43-35)50-22-38-9-3-6-30(38)46(11-4-10-38)21-23-16-31(48)41-19-23/h1,7-8,17-18,20,23,30,47H,3-6,9-16,19,21-22H2,(H,41,48)/t23?,30-,38-/m1/s1. The van der Waals surface area contributed by atoms with Crippen molar-refractivity contribution in [2.45, 2.75) is 51.0 Å². The van der Waals surface area contributed by atoms with Gasteiger partial charge in [-0.15, -0.1) is 6.42 Å². The highest BCUT2D eigenvalue weighted by Gasteiger charge is 2.49. The number of phenolic OH excluding ortho intramolecular Hbond substituents is 1. The number of phenols is 1. The maximum Gasteiger partial charge on any atom is 0.319 e. The number of aromatic nitrogens is 3. The van der Waals surface area contributed by atoms with Gasteiger partial charge in [-0.1, -0.05) is 18.4 Å². The number of hydrogen-bond donors (Lipinski definition) is 2. The number of amides is 1. The molecule has 2 aromatic heterocycles. The molecule has 3 saturated heterocycles. The highest BCUT2D eigenvalue weighted by molar-refractivity contribution is 6.03. The molecule has 1 saturated carbocycles. The minimum atomic E-state index is -0.748. The van der Waals surface area contributed by atoms with Crippen LogP contribution in [-0.4, -0.2) is 89.5 Å². The summed E-state index contributed by atoms with van der Waals surface area (Å²) in [4.78, 5) is 30.6. The van der Waals surface area contributed by atoms with Crippen LogP contribution < -0.4 is 15.0 Å². The molecule has 12 heteroatoms. The number of halogens is 2. The van der Waals surface area contributed by atoms with Gasteiger partial charge in [-0.25, -0.2) is 8.78 Å². The third-order valence-corrected chi connectivity index (χ3v) is 11.1. The molecular weight excluding hydrogens is 642 g/mol. The molecule has 4 fully saturated rings. The van der Waals surface area contributed by atoms with E-state index in [-0.39, 0.29) is 50.8 Å². The number of nitrogens with one attached hydrogen (secondary N) is 1. The van der Waals surface area contributed by atoms with Gasteiger partial charge in [-0.05, 0) is 68.2 Å². The monoisotopic (exact) mass is 682 g/mol. The third-order valence-electron chi connectivity index (χ3n) is 11.1. The molecule has 1 unspecified atom stereocenters. The Labute approximate surface area is 289 Å². The molecule has 0 bridgehead atoms. The molecule has 3 aliphatic heterocycles. The Morgan fingerprint density at radius 3 is 2.84 bits per heavy atom. The summed E-state index contributed by atoms with van der Waals surface area (Å²) in [6.07, 6.45) is 13.8. The average Bonchev–Trinajstić information content (AvgIpc) is 3.64. The molecule has 2 N–H and O–H groups in total. The Bertz CT molecular complexity index is 2010. The van der Waals surface area contributed by atoms with Crippen molar-refractivity contribution in [1.82, 2.24) is 25.2 Å². The molecule has 2 aromatic carbocycles. The normalized spacial score (nSPS) is 24.3. The number of anilines is 1. The number of ether oxygens (including phenoxy) is 2. The number of rotatable bonds is 7. The van der Waals surface area contributed by atoms with Crippen LogP contribution in [0.5, 0.6) is 11.8 Å². The van der Waals surface area contributed by atoms with Gasteiger partial charge < -0.3 is 24.8 Å². The minimum absolute atomic E-state index is 0.0134. The molecule has 8 rings (SSSR count). The molecule has 4 aliphatic rings. The van der Waals surface area contributed by atoms with Crippen LogP contribution in [0.15, 0.2) is 30.5 Å². The number of likely N-dealkylation sites (tertiary alicyclic amines) is 1. The fraction of sp³-hybridized carbons (Fsp3) is 0.474. The quantitative estimate of drug-likeness (QED) is 0.255. The lowest BCUT2D eigenvalue weighted by Gasteiger charge is -2.46. The van der Waals surface area contributed by atoms with Crippen LogP contribution in [0.25, 0.3) is 32.9 Å². The van der Waals surface area contributed by atoms with E-state index in [0.717, 1.165) is 58.2 Å². The number of carbonyl (C=O) groups is 1. The van der Waals surface area contributed by atoms with Crippen molar-refractivity contribution in [3.8, 4) is 35.4 Å². The van der Waals surface area contributed by atoms with E-state index in [1.54, 1.807) is 0 Å². The lowest BCUT2D eigenvalue weighted by molar-refractivity contribution is -0.119. The topological polar surface area (TPSA) is 113 Å². The molecule has 1 amide bonds. The first-order valence-electron chi connectivity index (χ1n) is 17.6. The second-order valence-electron chi connectivity index (χ2n) is 14.2. The van der Waals surface area contributed by atoms with Gasteiger partial charge in [0.25, 0.3) is 0 Å². The molecule has 0 radical (unpaired) electrons. The number of fused-ring (bicyclic) bond motifs is 3. The Kier molecular flexibility index (Phi) is 8.65. The maximum atomic E-state index is 16.9. The molecule has 50 heavy (non-hydrogen) atoms. The number of piperidine rings is 1. The fourth-order valence-electron chi connectivity index (χ4n) is 8.79. The fourth-order valence-corrected chi connectivity index (χ4v) is 8.79. The average molecular weight is 683 g/mol. The Hall–Kier alpha value is -4.60. The summed E-state index contributed by atoms with van der Waals surface area (Å²) in [5.74, 6) is 1.82. The van der Waals surface area contributed by atoms with E-state index in [1.807, 2.05) is 0 Å². The number of nitrogens with zero attached hydrogens (tertiary/aromatic N) is 5. The van der Waals surface area contributed by atoms with E-state index < -0.39 is 11.6 Å². The van der Waals surface area contributed by atoms with Crippen molar-refractivity contribution >= 4 is 33.4 Å². The highest BCUT2D eigenvalue weighted by Crippen LogP contribution is 2.48. The largest absolute Gasteiger partial charge is 0.508 e. The van der Waals surface area contributed by atoms with Crippen LogP contribution in [0.1, 0.15) is 50.5 Å². The molecule has 10 nitrogen and oxygen atoms in total. The van der Waals surface area contributed by atoms with E-state index in [4.69, 9.17) is 20.9 Å². The zero-order chi connectivity index (χ0) is 34.4. The first-order chi connectivity index (χ1) is 24.3. The van der Waals surface area contributed by atoms with Gasteiger partial charge in [-0.3, -0.25) is 14.7 Å². The predicted molar refractivity (Wildman–Crippen MR) is 185 cm³/mol. The zero-order valence-corrected chi connectivity index (χ0v) is 27.9. The van der Waals surface area contributed by atoms with Crippen LogP contribution in [0.2, 0.25) is 0 Å². The molecule has 0 spiro atoms. The van der Waals surface area contributed by atoms with Gasteiger partial charge in [-0.2, -0.15) is 9.97 Å². The van der Waals surface area contributed by atoms with E-state index in [9.17, 15) is 14.3 Å². The minimum Gasteiger partial charge on any atom is -0.508 e. The molecular formula is C38H40F2N6O4. The summed E-state index contributed by atoms with van der Waals surface area (Å²) in [6.45, 7) is 5.31. The van der Waals surface area contributed by atoms with Crippen molar-refractivity contribution in [3.63, 3.8) is 0 Å². The second kappa shape index (κ2) is 13.3. The predicted octanol–water partition coefficient (Wildman–Crippen LogP) is 5.19. The van der Waals surface area contributed by atoms with E-state index in [0.29, 0.717) is 67.9 Å². The second-order valence-corrected chi connectivity index (χ2v) is 14.2. The Balaban J connectivity index is 1.19. The van der Waals surface area contributed by atoms with Crippen molar-refractivity contribution in [3.05, 3.63) is 47.7 Å². The third kappa shape index (κ3) is 5.86. The van der Waals surface area contributed by atoms with Gasteiger partial charge >= 0.3 is 6.01 Å². The first kappa shape index (κ1) is 32.6. The van der Waals surface area contributed by atoms with Crippen LogP contribution in [0.4, 0.5) is 14.6 Å². The van der Waals surface area contributed by atoms with Gasteiger partial charge in [0.05, 0.1) is 24.2 Å². The van der Waals surface area contributed by atoms with Gasteiger partial charge in [0.1, 0.15) is 28.6 Å². The smallest absolute Gasteiger partial charge is 0.319 e. The summed E-state index contributed by atoms with van der Waals surface area (Å²) in [7, 11) is 0. The van der Waals surface area contributed by atoms with Crippen LogP contribution in [0.3, 0.4) is 0 Å². The van der Waals surface area contributed by atoms with Crippen LogP contribution in [0, 0.1) is 35.3 Å². The SMILES string of the molecule is C#Cc1c(F)ccc2cc(O)cc(-c3ncc4c(N5CCCOCC5)nc(OC[C@]56CCC[C@H]5N(CC5CNC(=O)C5)CCC6)nc4c3F)c12. The molecule has 3 atom stereocenters. The summed E-state index contributed by atoms with van der Waals surface area (Å²) in [6, 6.07) is 5.92. The van der Waals surface area contributed by atoms with E-state index in [2.05, 4.69) is 31.0 Å². The van der Waals surface area contributed by atoms with Crippen LogP contribution in [-0.2, 0) is 9.53 Å². The maximum absolute atomic E-state index is 16.9. The number of terminal acetylenes is 1. The number of pyridine rings is 1. The number of hydrogen-bond acceptors (Lipinski definition) is 9. The van der Waals surface area contributed by atoms with Gasteiger partial charge in [0, 0.05) is 67.8 Å². The van der Waals surface area contributed by atoms with Crippen LogP contribution >= 0.6 is 0 Å². The van der Waals surface area contributed by atoms with Crippen molar-refractivity contribution in [2.24, 2.45) is 11.3 Å². The first-order valence-corrected chi connectivity index (χ1v) is 17.6. The zero-order valence-electron chi connectivity index (χ0n) is 27.9. The van der Waals surface area contributed by atoms with Crippen molar-refractivity contribution in [2.75, 3.05) is 57.4 Å². The van der Waals surface area contributed by atoms with Gasteiger partial charge in [0.15, 0.2) is 5.82 Å². The number of aromatic hydroxyl groups is 1. The summed E-state index contributed by atoms with van der Waals surface area (Å²) in [5.41, 5.74) is -0.0845. The molecule has 1 aliphatic carbocycles. The van der Waals surface area contributed by atoms with E-state index >= 15 is 4.39 Å². The van der Waals surface area contributed by atoms with Crippen molar-refractivity contribution < 1.29 is 28.2 Å². The molecule has 260 valence electrons.